The Hall–Kier alpha value is -3.26. The third-order valence-corrected chi connectivity index (χ3v) is 4.90. The molecule has 2 rings (SSSR count). The lowest BCUT2D eigenvalue weighted by molar-refractivity contribution is 0.0910. The van der Waals surface area contributed by atoms with Crippen LogP contribution in [0.2, 0.25) is 0 Å². The zero-order chi connectivity index (χ0) is 23.2. The van der Waals surface area contributed by atoms with E-state index in [2.05, 4.69) is 21.9 Å². The number of hydrogen-bond acceptors (Lipinski definition) is 6. The van der Waals surface area contributed by atoms with Gasteiger partial charge < -0.3 is 29.6 Å². The third kappa shape index (κ3) is 5.67. The van der Waals surface area contributed by atoms with Gasteiger partial charge in [0, 0.05) is 36.5 Å². The fourth-order valence-electron chi connectivity index (χ4n) is 2.81. The topological polar surface area (TPSA) is 105 Å². The van der Waals surface area contributed by atoms with Crippen molar-refractivity contribution >= 4 is 23.5 Å². The van der Waals surface area contributed by atoms with Crippen molar-refractivity contribution in [3.8, 4) is 17.2 Å². The summed E-state index contributed by atoms with van der Waals surface area (Å²) < 4.78 is 16.1. The maximum absolute atomic E-state index is 12.5. The normalized spacial score (nSPS) is 11.5. The summed E-state index contributed by atoms with van der Waals surface area (Å²) in [5, 5.41) is 12.2. The molecule has 8 heteroatoms. The highest BCUT2D eigenvalue weighted by atomic mass is 16.5. The van der Waals surface area contributed by atoms with Crippen LogP contribution in [0.15, 0.2) is 29.9 Å². The van der Waals surface area contributed by atoms with Gasteiger partial charge in [0.05, 0.1) is 26.9 Å². The molecule has 1 amide bonds. The molecular formula is C23H31N3O5. The number of amides is 1. The molecule has 1 aromatic carbocycles. The molecule has 2 aromatic rings. The van der Waals surface area contributed by atoms with Crippen LogP contribution < -0.4 is 19.5 Å². The predicted molar refractivity (Wildman–Crippen MR) is 122 cm³/mol. The van der Waals surface area contributed by atoms with Gasteiger partial charge in [-0.25, -0.2) is 4.99 Å². The average Bonchev–Trinajstić information content (AvgIpc) is 3.14. The Kier molecular flexibility index (Phi) is 7.88. The molecule has 0 atom stereocenters. The lowest BCUT2D eigenvalue weighted by Crippen LogP contribution is -2.36. The summed E-state index contributed by atoms with van der Waals surface area (Å²) >= 11 is 0. The van der Waals surface area contributed by atoms with Gasteiger partial charge in [-0.1, -0.05) is 20.4 Å². The molecule has 0 unspecified atom stereocenters. The number of allylic oxidation sites excluding steroid dienone is 1. The standard InChI is InChI=1S/C23H31N3O5/c1-14(16-8-18(29-5)20(31-7)19(9-16)30-6)10-24-21-15(2)17(11-25-21)22(28)26-12-23(3,4)13-27/h8-11,25,27H,1,12-13H2,2-7H3,(H,26,28)/b24-10-. The van der Waals surface area contributed by atoms with Gasteiger partial charge in [0.15, 0.2) is 11.5 Å². The van der Waals surface area contributed by atoms with Gasteiger partial charge >= 0.3 is 0 Å². The van der Waals surface area contributed by atoms with E-state index in [9.17, 15) is 9.90 Å². The van der Waals surface area contributed by atoms with Crippen LogP contribution in [-0.4, -0.2) is 56.7 Å². The second-order valence-corrected chi connectivity index (χ2v) is 7.88. The smallest absolute Gasteiger partial charge is 0.253 e. The fourth-order valence-corrected chi connectivity index (χ4v) is 2.81. The zero-order valence-electron chi connectivity index (χ0n) is 19.0. The summed E-state index contributed by atoms with van der Waals surface area (Å²) in [6.07, 6.45) is 3.22. The number of aliphatic hydroxyl groups is 1. The molecule has 0 aliphatic heterocycles. The van der Waals surface area contributed by atoms with Crippen LogP contribution in [0, 0.1) is 12.3 Å². The largest absolute Gasteiger partial charge is 0.493 e. The van der Waals surface area contributed by atoms with E-state index in [1.54, 1.807) is 45.9 Å². The summed E-state index contributed by atoms with van der Waals surface area (Å²) in [5.41, 5.74) is 2.21. The molecule has 0 saturated carbocycles. The number of carbonyl (C=O) groups excluding carboxylic acids is 1. The van der Waals surface area contributed by atoms with Gasteiger partial charge in [-0.2, -0.15) is 0 Å². The van der Waals surface area contributed by atoms with E-state index in [1.807, 2.05) is 20.8 Å². The number of aliphatic imine (C=N–C) groups is 1. The van der Waals surface area contributed by atoms with Gasteiger partial charge in [0.1, 0.15) is 5.82 Å². The molecule has 1 aromatic heterocycles. The molecule has 0 bridgehead atoms. The van der Waals surface area contributed by atoms with Crippen molar-refractivity contribution in [3.63, 3.8) is 0 Å². The number of H-pyrrole nitrogens is 1. The lowest BCUT2D eigenvalue weighted by Gasteiger charge is -2.21. The number of aromatic amines is 1. The maximum Gasteiger partial charge on any atom is 0.253 e. The molecule has 0 aliphatic rings. The number of rotatable bonds is 10. The Morgan fingerprint density at radius 2 is 1.84 bits per heavy atom. The van der Waals surface area contributed by atoms with Crippen molar-refractivity contribution < 1.29 is 24.1 Å². The second-order valence-electron chi connectivity index (χ2n) is 7.88. The molecule has 8 nitrogen and oxygen atoms in total. The monoisotopic (exact) mass is 429 g/mol. The molecule has 3 N–H and O–H groups in total. The summed E-state index contributed by atoms with van der Waals surface area (Å²) in [6, 6.07) is 3.58. The van der Waals surface area contributed by atoms with E-state index in [0.29, 0.717) is 46.3 Å². The molecule has 31 heavy (non-hydrogen) atoms. The molecule has 0 spiro atoms. The van der Waals surface area contributed by atoms with E-state index in [-0.39, 0.29) is 17.9 Å². The van der Waals surface area contributed by atoms with E-state index >= 15 is 0 Å². The van der Waals surface area contributed by atoms with Gasteiger partial charge in [0.25, 0.3) is 5.91 Å². The van der Waals surface area contributed by atoms with Gasteiger partial charge in [-0.3, -0.25) is 4.79 Å². The number of nitrogens with one attached hydrogen (secondary N) is 2. The van der Waals surface area contributed by atoms with Crippen molar-refractivity contribution in [2.75, 3.05) is 34.5 Å². The van der Waals surface area contributed by atoms with Gasteiger partial charge in [-0.15, -0.1) is 0 Å². The number of benzene rings is 1. The van der Waals surface area contributed by atoms with Crippen molar-refractivity contribution in [1.29, 1.82) is 0 Å². The first-order chi connectivity index (χ1) is 14.7. The summed E-state index contributed by atoms with van der Waals surface area (Å²) in [7, 11) is 4.64. The van der Waals surface area contributed by atoms with Crippen molar-refractivity contribution in [3.05, 3.63) is 41.6 Å². The summed E-state index contributed by atoms with van der Waals surface area (Å²) in [5.74, 6) is 1.87. The van der Waals surface area contributed by atoms with Crippen LogP contribution in [0.1, 0.15) is 35.3 Å². The van der Waals surface area contributed by atoms with E-state index in [0.717, 1.165) is 5.56 Å². The molecule has 0 radical (unpaired) electrons. The number of aliphatic hydroxyl groups excluding tert-OH is 1. The molecule has 0 saturated heterocycles. The Morgan fingerprint density at radius 3 is 2.35 bits per heavy atom. The fraction of sp³-hybridized carbons (Fsp3) is 0.391. The third-order valence-electron chi connectivity index (χ3n) is 4.90. The Morgan fingerprint density at radius 1 is 1.23 bits per heavy atom. The molecule has 1 heterocycles. The first kappa shape index (κ1) is 24.0. The van der Waals surface area contributed by atoms with Gasteiger partial charge in [0.2, 0.25) is 5.75 Å². The zero-order valence-corrected chi connectivity index (χ0v) is 19.0. The number of ether oxygens (including phenoxy) is 3. The minimum atomic E-state index is -0.390. The van der Waals surface area contributed by atoms with E-state index < -0.39 is 0 Å². The van der Waals surface area contributed by atoms with E-state index in [1.165, 1.54) is 0 Å². The first-order valence-corrected chi connectivity index (χ1v) is 9.77. The Labute approximate surface area is 182 Å². The van der Waals surface area contributed by atoms with Crippen LogP contribution in [0.3, 0.4) is 0 Å². The highest BCUT2D eigenvalue weighted by Crippen LogP contribution is 2.39. The predicted octanol–water partition coefficient (Wildman–Crippen LogP) is 3.51. The highest BCUT2D eigenvalue weighted by Gasteiger charge is 2.20. The van der Waals surface area contributed by atoms with Crippen LogP contribution in [0.25, 0.3) is 5.57 Å². The van der Waals surface area contributed by atoms with E-state index in [4.69, 9.17) is 14.2 Å². The summed E-state index contributed by atoms with van der Waals surface area (Å²) in [4.78, 5) is 19.9. The Balaban J connectivity index is 2.20. The molecule has 0 fully saturated rings. The molecule has 0 aliphatic carbocycles. The molecule has 168 valence electrons. The minimum Gasteiger partial charge on any atom is -0.493 e. The second kappa shape index (κ2) is 10.2. The quantitative estimate of drug-likeness (QED) is 0.501. The first-order valence-electron chi connectivity index (χ1n) is 9.77. The van der Waals surface area contributed by atoms with Gasteiger partial charge in [-0.05, 0) is 30.2 Å². The van der Waals surface area contributed by atoms with Crippen molar-refractivity contribution in [2.45, 2.75) is 20.8 Å². The average molecular weight is 430 g/mol. The lowest BCUT2D eigenvalue weighted by atomic mass is 9.95. The SMILES string of the molecule is C=C(/C=N\c1[nH]cc(C(=O)NCC(C)(C)CO)c1C)c1cc(OC)c(OC)c(OC)c1. The minimum absolute atomic E-state index is 0.0159. The van der Waals surface area contributed by atoms with Crippen molar-refractivity contribution in [1.82, 2.24) is 10.3 Å². The Bertz CT molecular complexity index is 951. The highest BCUT2D eigenvalue weighted by molar-refractivity contribution is 6.10. The number of nitrogens with zero attached hydrogens (tertiary/aromatic N) is 1. The van der Waals surface area contributed by atoms with Crippen molar-refractivity contribution in [2.24, 2.45) is 10.4 Å². The number of carbonyl (C=O) groups is 1. The van der Waals surface area contributed by atoms with Crippen LogP contribution in [0.5, 0.6) is 17.2 Å². The van der Waals surface area contributed by atoms with Crippen LogP contribution in [-0.2, 0) is 0 Å². The summed E-state index contributed by atoms with van der Waals surface area (Å²) in [6.45, 7) is 9.98. The van der Waals surface area contributed by atoms with Crippen LogP contribution in [0.4, 0.5) is 5.82 Å². The maximum atomic E-state index is 12.5. The molecular weight excluding hydrogens is 398 g/mol. The number of methoxy groups -OCH3 is 3. The number of aromatic nitrogens is 1. The number of hydrogen-bond donors (Lipinski definition) is 3. The van der Waals surface area contributed by atoms with Crippen LogP contribution >= 0.6 is 0 Å².